The molecule has 156 valence electrons. The van der Waals surface area contributed by atoms with E-state index >= 15 is 0 Å². The molecule has 0 aliphatic heterocycles. The zero-order valence-corrected chi connectivity index (χ0v) is 19.4. The Balaban J connectivity index is 2.10. The van der Waals surface area contributed by atoms with Crippen LogP contribution >= 0.6 is 39.3 Å². The van der Waals surface area contributed by atoms with E-state index < -0.39 is 6.04 Å². The minimum Gasteiger partial charge on any atom is -0.355 e. The number of carbonyl (C=O) groups is 2. The summed E-state index contributed by atoms with van der Waals surface area (Å²) in [7, 11) is 0. The van der Waals surface area contributed by atoms with E-state index in [0.29, 0.717) is 23.7 Å². The van der Waals surface area contributed by atoms with Gasteiger partial charge < -0.3 is 10.2 Å². The number of thioether (sulfide) groups is 1. The largest absolute Gasteiger partial charge is 0.355 e. The molecule has 0 bridgehead atoms. The molecule has 0 spiro atoms. The molecule has 1 N–H and O–H groups in total. The first-order chi connectivity index (χ1) is 13.8. The van der Waals surface area contributed by atoms with E-state index in [4.69, 9.17) is 11.6 Å². The van der Waals surface area contributed by atoms with Gasteiger partial charge in [0.1, 0.15) is 11.9 Å². The number of likely N-dealkylation sites (N-methyl/N-ethyl adjacent to an activating group) is 1. The van der Waals surface area contributed by atoms with E-state index in [1.54, 1.807) is 24.0 Å². The summed E-state index contributed by atoms with van der Waals surface area (Å²) < 4.78 is 14.8. The normalized spacial score (nSPS) is 11.8. The summed E-state index contributed by atoms with van der Waals surface area (Å²) >= 11 is 10.7. The molecule has 0 fully saturated rings. The summed E-state index contributed by atoms with van der Waals surface area (Å²) in [5.41, 5.74) is 1.29. The zero-order valence-electron chi connectivity index (χ0n) is 16.3. The van der Waals surface area contributed by atoms with Gasteiger partial charge in [-0.1, -0.05) is 45.7 Å². The molecule has 0 saturated heterocycles. The first kappa shape index (κ1) is 23.7. The molecule has 8 heteroatoms. The van der Waals surface area contributed by atoms with E-state index in [2.05, 4.69) is 21.2 Å². The van der Waals surface area contributed by atoms with Crippen LogP contribution in [0.25, 0.3) is 0 Å². The monoisotopic (exact) mass is 500 g/mol. The van der Waals surface area contributed by atoms with Crippen LogP contribution in [0.1, 0.15) is 25.0 Å². The molecule has 4 nitrogen and oxygen atoms in total. The van der Waals surface area contributed by atoms with E-state index in [0.717, 1.165) is 10.0 Å². The van der Waals surface area contributed by atoms with Crippen LogP contribution in [-0.4, -0.2) is 35.1 Å². The van der Waals surface area contributed by atoms with Gasteiger partial charge in [0.15, 0.2) is 0 Å². The first-order valence-corrected chi connectivity index (χ1v) is 11.5. The van der Waals surface area contributed by atoms with Crippen LogP contribution in [0.3, 0.4) is 0 Å². The van der Waals surface area contributed by atoms with Crippen LogP contribution in [-0.2, 0) is 21.9 Å². The average molecular weight is 502 g/mol. The SMILES string of the molecule is CCNC(=O)C(C)N(Cc1cccc(Br)c1)C(=O)CSCc1c(F)cccc1Cl. The van der Waals surface area contributed by atoms with Gasteiger partial charge in [0, 0.05) is 33.9 Å². The number of amides is 2. The average Bonchev–Trinajstić information content (AvgIpc) is 2.68. The number of hydrogen-bond donors (Lipinski definition) is 1. The van der Waals surface area contributed by atoms with Crippen LogP contribution < -0.4 is 5.32 Å². The van der Waals surface area contributed by atoms with Crippen molar-refractivity contribution in [1.29, 1.82) is 0 Å². The third-order valence-electron chi connectivity index (χ3n) is 4.29. The van der Waals surface area contributed by atoms with Crippen LogP contribution in [0.2, 0.25) is 5.02 Å². The van der Waals surface area contributed by atoms with Crippen molar-refractivity contribution in [2.45, 2.75) is 32.2 Å². The highest BCUT2D eigenvalue weighted by Gasteiger charge is 2.25. The van der Waals surface area contributed by atoms with Gasteiger partial charge in [-0.15, -0.1) is 11.8 Å². The summed E-state index contributed by atoms with van der Waals surface area (Å²) in [5, 5.41) is 3.10. The van der Waals surface area contributed by atoms with Gasteiger partial charge in [0.05, 0.1) is 5.75 Å². The molecular weight excluding hydrogens is 479 g/mol. The third kappa shape index (κ3) is 7.01. The number of nitrogens with zero attached hydrogens (tertiary/aromatic N) is 1. The quantitative estimate of drug-likeness (QED) is 0.524. The Bertz CT molecular complexity index is 848. The number of benzene rings is 2. The van der Waals surface area contributed by atoms with Gasteiger partial charge in [0.2, 0.25) is 11.8 Å². The van der Waals surface area contributed by atoms with Gasteiger partial charge in [-0.25, -0.2) is 4.39 Å². The Kier molecular flexibility index (Phi) is 9.46. The van der Waals surface area contributed by atoms with Gasteiger partial charge in [0.25, 0.3) is 0 Å². The summed E-state index contributed by atoms with van der Waals surface area (Å²) in [6, 6.07) is 11.5. The molecule has 0 heterocycles. The maximum absolute atomic E-state index is 13.9. The van der Waals surface area contributed by atoms with Crippen molar-refractivity contribution in [1.82, 2.24) is 10.2 Å². The van der Waals surface area contributed by atoms with Crippen molar-refractivity contribution in [3.05, 3.63) is 68.9 Å². The summed E-state index contributed by atoms with van der Waals surface area (Å²) in [5.74, 6) is -0.404. The fourth-order valence-electron chi connectivity index (χ4n) is 2.73. The lowest BCUT2D eigenvalue weighted by atomic mass is 10.1. The van der Waals surface area contributed by atoms with Crippen LogP contribution in [0.15, 0.2) is 46.9 Å². The Hall–Kier alpha value is -1.57. The molecule has 2 rings (SSSR count). The number of halogens is 3. The minimum absolute atomic E-state index is 0.114. The molecule has 0 radical (unpaired) electrons. The Morgan fingerprint density at radius 2 is 2.00 bits per heavy atom. The lowest BCUT2D eigenvalue weighted by Crippen LogP contribution is -2.48. The lowest BCUT2D eigenvalue weighted by molar-refractivity contribution is -0.138. The van der Waals surface area contributed by atoms with Gasteiger partial charge >= 0.3 is 0 Å². The van der Waals surface area contributed by atoms with Crippen LogP contribution in [0, 0.1) is 5.82 Å². The molecule has 1 unspecified atom stereocenters. The van der Waals surface area contributed by atoms with Crippen LogP contribution in [0.5, 0.6) is 0 Å². The second kappa shape index (κ2) is 11.6. The Morgan fingerprint density at radius 3 is 2.66 bits per heavy atom. The van der Waals surface area contributed by atoms with Crippen molar-refractivity contribution in [2.75, 3.05) is 12.3 Å². The molecular formula is C21H23BrClFN2O2S. The predicted octanol–water partition coefficient (Wildman–Crippen LogP) is 5.03. The first-order valence-electron chi connectivity index (χ1n) is 9.15. The van der Waals surface area contributed by atoms with Gasteiger partial charge in [-0.3, -0.25) is 9.59 Å². The van der Waals surface area contributed by atoms with Crippen LogP contribution in [0.4, 0.5) is 4.39 Å². The summed E-state index contributed by atoms with van der Waals surface area (Å²) in [6.45, 7) is 4.33. The number of hydrogen-bond acceptors (Lipinski definition) is 3. The smallest absolute Gasteiger partial charge is 0.242 e. The summed E-state index contributed by atoms with van der Waals surface area (Å²) in [6.07, 6.45) is 0. The van der Waals surface area contributed by atoms with E-state index in [1.165, 1.54) is 17.8 Å². The second-order valence-electron chi connectivity index (χ2n) is 6.42. The fourth-order valence-corrected chi connectivity index (χ4v) is 4.43. The highest BCUT2D eigenvalue weighted by Crippen LogP contribution is 2.24. The van der Waals surface area contributed by atoms with E-state index in [9.17, 15) is 14.0 Å². The molecule has 29 heavy (non-hydrogen) atoms. The molecule has 1 atom stereocenters. The number of rotatable bonds is 9. The van der Waals surface area contributed by atoms with E-state index in [-0.39, 0.29) is 29.1 Å². The zero-order chi connectivity index (χ0) is 21.4. The molecule has 0 saturated carbocycles. The highest BCUT2D eigenvalue weighted by atomic mass is 79.9. The van der Waals surface area contributed by atoms with Crippen molar-refractivity contribution >= 4 is 51.1 Å². The predicted molar refractivity (Wildman–Crippen MR) is 120 cm³/mol. The van der Waals surface area contributed by atoms with Crippen molar-refractivity contribution in [3.8, 4) is 0 Å². The lowest BCUT2D eigenvalue weighted by Gasteiger charge is -2.28. The number of carbonyl (C=O) groups excluding carboxylic acids is 2. The Morgan fingerprint density at radius 1 is 1.28 bits per heavy atom. The molecule has 0 aliphatic rings. The fraction of sp³-hybridized carbons (Fsp3) is 0.333. The minimum atomic E-state index is -0.626. The van der Waals surface area contributed by atoms with Gasteiger partial charge in [-0.2, -0.15) is 0 Å². The second-order valence-corrected chi connectivity index (χ2v) is 8.72. The third-order valence-corrected chi connectivity index (χ3v) is 6.09. The topological polar surface area (TPSA) is 49.4 Å². The molecule has 2 aromatic carbocycles. The van der Waals surface area contributed by atoms with Crippen molar-refractivity contribution in [3.63, 3.8) is 0 Å². The van der Waals surface area contributed by atoms with E-state index in [1.807, 2.05) is 31.2 Å². The maximum Gasteiger partial charge on any atom is 0.242 e. The molecule has 2 amide bonds. The van der Waals surface area contributed by atoms with Gasteiger partial charge in [-0.05, 0) is 43.7 Å². The molecule has 0 aromatic heterocycles. The van der Waals surface area contributed by atoms with Crippen molar-refractivity contribution < 1.29 is 14.0 Å². The maximum atomic E-state index is 13.9. The molecule has 2 aromatic rings. The highest BCUT2D eigenvalue weighted by molar-refractivity contribution is 9.10. The molecule has 0 aliphatic carbocycles. The summed E-state index contributed by atoms with van der Waals surface area (Å²) in [4.78, 5) is 26.8. The standard InChI is InChI=1S/C21H23BrClFN2O2S/c1-3-25-21(28)14(2)26(11-15-6-4-7-16(22)10-15)20(27)13-29-12-17-18(23)8-5-9-19(17)24/h4-10,14H,3,11-13H2,1-2H3,(H,25,28). The Labute approximate surface area is 188 Å². The number of nitrogens with one attached hydrogen (secondary N) is 1. The van der Waals surface area contributed by atoms with Crippen molar-refractivity contribution in [2.24, 2.45) is 0 Å².